The maximum atomic E-state index is 13.4. The van der Waals surface area contributed by atoms with Crippen LogP contribution in [0.3, 0.4) is 0 Å². The molecule has 0 aliphatic carbocycles. The molecule has 0 aromatic heterocycles. The molecule has 0 radical (unpaired) electrons. The number of anilines is 1. The molecule has 0 fully saturated rings. The summed E-state index contributed by atoms with van der Waals surface area (Å²) in [7, 11) is 0. The Morgan fingerprint density at radius 3 is 2.37 bits per heavy atom. The molecule has 7 nitrogen and oxygen atoms in total. The highest BCUT2D eigenvalue weighted by atomic mass is 19.1. The Labute approximate surface area is 172 Å². The van der Waals surface area contributed by atoms with Gasteiger partial charge in [-0.2, -0.15) is 0 Å². The molecule has 2 aliphatic heterocycles. The Balaban J connectivity index is 1.36. The molecule has 0 saturated carbocycles. The lowest BCUT2D eigenvalue weighted by Crippen LogP contribution is -2.39. The lowest BCUT2D eigenvalue weighted by atomic mass is 9.99. The first kappa shape index (κ1) is 19.6. The fourth-order valence-corrected chi connectivity index (χ4v) is 3.73. The zero-order valence-corrected chi connectivity index (χ0v) is 16.1. The van der Waals surface area contributed by atoms with Crippen LogP contribution in [0.25, 0.3) is 5.57 Å². The largest absolute Gasteiger partial charge is 0.474 e. The van der Waals surface area contributed by atoms with Crippen LogP contribution in [-0.4, -0.2) is 45.9 Å². The van der Waals surface area contributed by atoms with Gasteiger partial charge in [-0.05, 0) is 52.9 Å². The Kier molecular flexibility index (Phi) is 5.22. The molecule has 2 aliphatic rings. The number of nitrogens with one attached hydrogen (secondary N) is 1. The van der Waals surface area contributed by atoms with Gasteiger partial charge in [0.15, 0.2) is 0 Å². The number of halogens is 1. The van der Waals surface area contributed by atoms with Gasteiger partial charge in [0, 0.05) is 31.9 Å². The van der Waals surface area contributed by atoms with Gasteiger partial charge in [-0.15, -0.1) is 0 Å². The van der Waals surface area contributed by atoms with Crippen LogP contribution in [0.4, 0.5) is 14.9 Å². The number of carboxylic acids is 1. The number of benzene rings is 2. The third-order valence-corrected chi connectivity index (χ3v) is 5.36. The predicted molar refractivity (Wildman–Crippen MR) is 108 cm³/mol. The number of urea groups is 1. The van der Waals surface area contributed by atoms with Crippen molar-refractivity contribution in [1.29, 1.82) is 0 Å². The van der Waals surface area contributed by atoms with E-state index in [2.05, 4.69) is 5.32 Å². The molecule has 0 bridgehead atoms. The smallest absolute Gasteiger partial charge is 0.394 e. The van der Waals surface area contributed by atoms with Crippen molar-refractivity contribution < 1.29 is 23.9 Å². The van der Waals surface area contributed by atoms with Crippen molar-refractivity contribution in [3.8, 4) is 0 Å². The molecule has 2 aromatic carbocycles. The Morgan fingerprint density at radius 2 is 1.70 bits per heavy atom. The minimum absolute atomic E-state index is 0.251. The highest BCUT2D eigenvalue weighted by Crippen LogP contribution is 2.26. The van der Waals surface area contributed by atoms with E-state index >= 15 is 0 Å². The van der Waals surface area contributed by atoms with E-state index in [0.717, 1.165) is 22.3 Å². The van der Waals surface area contributed by atoms with Gasteiger partial charge in [-0.25, -0.2) is 14.0 Å². The SMILES string of the molecule is O=C(O)C(=O)N1CC=C(c2ccc(NC(=O)N3Cc4ccc(F)cc4C3)cc2)CC1. The van der Waals surface area contributed by atoms with Gasteiger partial charge in [0.05, 0.1) is 0 Å². The van der Waals surface area contributed by atoms with Crippen LogP contribution in [0, 0.1) is 5.82 Å². The fraction of sp³-hybridized carbons (Fsp3) is 0.227. The van der Waals surface area contributed by atoms with Crippen molar-refractivity contribution in [2.75, 3.05) is 18.4 Å². The molecule has 0 saturated heterocycles. The van der Waals surface area contributed by atoms with Gasteiger partial charge in [0.2, 0.25) is 0 Å². The second-order valence-corrected chi connectivity index (χ2v) is 7.31. The summed E-state index contributed by atoms with van der Waals surface area (Å²) in [6.45, 7) is 1.42. The van der Waals surface area contributed by atoms with Crippen molar-refractivity contribution in [3.05, 3.63) is 71.0 Å². The Hall–Kier alpha value is -3.68. The van der Waals surface area contributed by atoms with E-state index < -0.39 is 11.9 Å². The monoisotopic (exact) mass is 409 g/mol. The van der Waals surface area contributed by atoms with Crippen molar-refractivity contribution in [1.82, 2.24) is 9.80 Å². The van der Waals surface area contributed by atoms with E-state index in [-0.39, 0.29) is 18.4 Å². The summed E-state index contributed by atoms with van der Waals surface area (Å²) in [6.07, 6.45) is 2.41. The summed E-state index contributed by atoms with van der Waals surface area (Å²) in [5.41, 5.74) is 4.39. The van der Waals surface area contributed by atoms with Crippen LogP contribution < -0.4 is 5.32 Å². The highest BCUT2D eigenvalue weighted by Gasteiger charge is 2.24. The standard InChI is InChI=1S/C22H20FN3O4/c23-18-4-1-16-12-26(13-17(16)11-18)22(30)24-19-5-2-14(3-6-19)15-7-9-25(10-8-15)20(27)21(28)29/h1-7,11H,8-10,12-13H2,(H,24,30)(H,28,29). The molecule has 154 valence electrons. The summed E-state index contributed by atoms with van der Waals surface area (Å²) in [6, 6.07) is 11.7. The number of hydrogen-bond acceptors (Lipinski definition) is 3. The number of carbonyl (C=O) groups excluding carboxylic acids is 2. The molecule has 3 amide bonds. The predicted octanol–water partition coefficient (Wildman–Crippen LogP) is 3.07. The number of hydrogen-bond donors (Lipinski definition) is 2. The van der Waals surface area contributed by atoms with Gasteiger partial charge in [0.25, 0.3) is 0 Å². The molecule has 30 heavy (non-hydrogen) atoms. The minimum Gasteiger partial charge on any atom is -0.474 e. The van der Waals surface area contributed by atoms with Gasteiger partial charge in [0.1, 0.15) is 5.82 Å². The van der Waals surface area contributed by atoms with Crippen LogP contribution >= 0.6 is 0 Å². The van der Waals surface area contributed by atoms with Crippen molar-refractivity contribution >= 4 is 29.2 Å². The zero-order chi connectivity index (χ0) is 21.3. The highest BCUT2D eigenvalue weighted by molar-refractivity contribution is 6.31. The number of carboxylic acid groups (broad SMARTS) is 1. The zero-order valence-electron chi connectivity index (χ0n) is 16.1. The molecule has 2 aromatic rings. The number of amides is 3. The van der Waals surface area contributed by atoms with Gasteiger partial charge >= 0.3 is 17.9 Å². The van der Waals surface area contributed by atoms with Gasteiger partial charge in [-0.1, -0.05) is 24.3 Å². The first-order valence-corrected chi connectivity index (χ1v) is 9.55. The molecular weight excluding hydrogens is 389 g/mol. The Bertz CT molecular complexity index is 1050. The number of nitrogens with zero attached hydrogens (tertiary/aromatic N) is 2. The first-order valence-electron chi connectivity index (χ1n) is 9.55. The molecule has 0 unspecified atom stereocenters. The average Bonchev–Trinajstić information content (AvgIpc) is 3.17. The van der Waals surface area contributed by atoms with E-state index in [1.807, 2.05) is 18.2 Å². The quantitative estimate of drug-likeness (QED) is 0.746. The van der Waals surface area contributed by atoms with Crippen LogP contribution in [0.15, 0.2) is 48.5 Å². The first-order chi connectivity index (χ1) is 14.4. The van der Waals surface area contributed by atoms with E-state index in [9.17, 15) is 18.8 Å². The van der Waals surface area contributed by atoms with Crippen molar-refractivity contribution in [2.24, 2.45) is 0 Å². The average molecular weight is 409 g/mol. The Morgan fingerprint density at radius 1 is 0.967 bits per heavy atom. The van der Waals surface area contributed by atoms with Crippen LogP contribution in [-0.2, 0) is 22.7 Å². The molecule has 2 heterocycles. The van der Waals surface area contributed by atoms with Crippen molar-refractivity contribution in [2.45, 2.75) is 19.5 Å². The number of rotatable bonds is 2. The summed E-state index contributed by atoms with van der Waals surface area (Å²) in [4.78, 5) is 37.8. The van der Waals surface area contributed by atoms with E-state index in [0.29, 0.717) is 31.7 Å². The second kappa shape index (κ2) is 7.98. The number of carbonyl (C=O) groups is 3. The summed E-state index contributed by atoms with van der Waals surface area (Å²) in [5, 5.41) is 11.6. The molecule has 2 N–H and O–H groups in total. The normalized spacial score (nSPS) is 15.4. The summed E-state index contributed by atoms with van der Waals surface area (Å²) in [5.74, 6) is -2.65. The summed E-state index contributed by atoms with van der Waals surface area (Å²) < 4.78 is 13.4. The van der Waals surface area contributed by atoms with E-state index in [1.165, 1.54) is 17.0 Å². The second-order valence-electron chi connectivity index (χ2n) is 7.31. The van der Waals surface area contributed by atoms with Gasteiger partial charge in [-0.3, -0.25) is 4.79 Å². The molecular formula is C22H20FN3O4. The van der Waals surface area contributed by atoms with Crippen LogP contribution in [0.2, 0.25) is 0 Å². The molecule has 4 rings (SSSR count). The van der Waals surface area contributed by atoms with Crippen molar-refractivity contribution in [3.63, 3.8) is 0 Å². The maximum Gasteiger partial charge on any atom is 0.394 e. The van der Waals surface area contributed by atoms with E-state index in [4.69, 9.17) is 5.11 Å². The third kappa shape index (κ3) is 4.03. The lowest BCUT2D eigenvalue weighted by molar-refractivity contribution is -0.155. The number of fused-ring (bicyclic) bond motifs is 1. The minimum atomic E-state index is -1.45. The lowest BCUT2D eigenvalue weighted by Gasteiger charge is -2.25. The molecule has 0 atom stereocenters. The maximum absolute atomic E-state index is 13.4. The summed E-state index contributed by atoms with van der Waals surface area (Å²) >= 11 is 0. The molecule has 8 heteroatoms. The van der Waals surface area contributed by atoms with Crippen LogP contribution in [0.1, 0.15) is 23.1 Å². The third-order valence-electron chi connectivity index (χ3n) is 5.36. The van der Waals surface area contributed by atoms with E-state index in [1.54, 1.807) is 23.1 Å². The molecule has 0 spiro atoms. The van der Waals surface area contributed by atoms with Crippen LogP contribution in [0.5, 0.6) is 0 Å². The topological polar surface area (TPSA) is 90.0 Å². The number of aliphatic carboxylic acids is 1. The fourth-order valence-electron chi connectivity index (χ4n) is 3.73. The van der Waals surface area contributed by atoms with Gasteiger partial charge < -0.3 is 20.2 Å².